The molecule has 1 aromatic carbocycles. The lowest BCUT2D eigenvalue weighted by Crippen LogP contribution is -2.25. The van der Waals surface area contributed by atoms with Gasteiger partial charge < -0.3 is 15.0 Å². The monoisotopic (exact) mass is 312 g/mol. The van der Waals surface area contributed by atoms with E-state index >= 15 is 0 Å². The van der Waals surface area contributed by atoms with E-state index in [4.69, 9.17) is 4.74 Å². The van der Waals surface area contributed by atoms with E-state index in [1.165, 1.54) is 0 Å². The van der Waals surface area contributed by atoms with E-state index in [0.717, 1.165) is 30.9 Å². The summed E-state index contributed by atoms with van der Waals surface area (Å²) in [5, 5.41) is 2.63. The Bertz CT molecular complexity index is 690. The molecule has 1 fully saturated rings. The molecule has 2 aromatic rings. The molecule has 120 valence electrons. The molecule has 1 aliphatic heterocycles. The number of nitrogens with one attached hydrogen (secondary N) is 1. The fourth-order valence-corrected chi connectivity index (χ4v) is 2.69. The molecule has 2 heterocycles. The third-order valence-electron chi connectivity index (χ3n) is 4.01. The van der Waals surface area contributed by atoms with E-state index < -0.39 is 0 Å². The molecule has 1 aliphatic rings. The Morgan fingerprint density at radius 1 is 1.30 bits per heavy atom. The van der Waals surface area contributed by atoms with Gasteiger partial charge in [0, 0.05) is 38.9 Å². The molecule has 1 N–H and O–H groups in total. The van der Waals surface area contributed by atoms with Gasteiger partial charge in [0.2, 0.25) is 0 Å². The van der Waals surface area contributed by atoms with Crippen molar-refractivity contribution in [3.8, 4) is 11.4 Å². The van der Waals surface area contributed by atoms with Gasteiger partial charge >= 0.3 is 0 Å². The van der Waals surface area contributed by atoms with Crippen molar-refractivity contribution in [2.75, 3.05) is 32.1 Å². The maximum atomic E-state index is 12.0. The van der Waals surface area contributed by atoms with Crippen molar-refractivity contribution in [3.63, 3.8) is 0 Å². The first kappa shape index (κ1) is 15.4. The van der Waals surface area contributed by atoms with Gasteiger partial charge in [-0.2, -0.15) is 0 Å². The number of hydrogen-bond donors (Lipinski definition) is 1. The molecule has 0 saturated carbocycles. The van der Waals surface area contributed by atoms with Gasteiger partial charge in [-0.05, 0) is 6.42 Å². The zero-order valence-electron chi connectivity index (χ0n) is 13.3. The second-order valence-electron chi connectivity index (χ2n) is 5.47. The third-order valence-corrected chi connectivity index (χ3v) is 4.01. The highest BCUT2D eigenvalue weighted by Crippen LogP contribution is 2.24. The predicted octanol–water partition coefficient (Wildman–Crippen LogP) is 1.73. The summed E-state index contributed by atoms with van der Waals surface area (Å²) in [6.07, 6.45) is 1.16. The molecular formula is C17H20N4O2. The van der Waals surface area contributed by atoms with E-state index in [1.807, 2.05) is 30.3 Å². The van der Waals surface area contributed by atoms with Crippen LogP contribution in [0.25, 0.3) is 11.4 Å². The van der Waals surface area contributed by atoms with Gasteiger partial charge in [0.1, 0.15) is 11.5 Å². The van der Waals surface area contributed by atoms with Crippen LogP contribution >= 0.6 is 0 Å². The summed E-state index contributed by atoms with van der Waals surface area (Å²) in [7, 11) is 3.32. The molecule has 0 spiro atoms. The quantitative estimate of drug-likeness (QED) is 0.931. The van der Waals surface area contributed by atoms with Crippen LogP contribution in [-0.2, 0) is 4.74 Å². The second kappa shape index (κ2) is 6.75. The van der Waals surface area contributed by atoms with Crippen molar-refractivity contribution in [3.05, 3.63) is 42.1 Å². The summed E-state index contributed by atoms with van der Waals surface area (Å²) in [6, 6.07) is 11.4. The number of anilines is 1. The van der Waals surface area contributed by atoms with Crippen molar-refractivity contribution in [2.45, 2.75) is 12.5 Å². The minimum atomic E-state index is -0.215. The van der Waals surface area contributed by atoms with Gasteiger partial charge in [-0.1, -0.05) is 30.3 Å². The summed E-state index contributed by atoms with van der Waals surface area (Å²) >= 11 is 0. The van der Waals surface area contributed by atoms with Crippen LogP contribution < -0.4 is 10.2 Å². The Morgan fingerprint density at radius 2 is 2.09 bits per heavy atom. The highest BCUT2D eigenvalue weighted by atomic mass is 16.5. The normalized spacial score (nSPS) is 17.3. The van der Waals surface area contributed by atoms with Crippen molar-refractivity contribution < 1.29 is 9.53 Å². The Balaban J connectivity index is 2.00. The van der Waals surface area contributed by atoms with Crippen molar-refractivity contribution in [1.82, 2.24) is 15.3 Å². The Labute approximate surface area is 135 Å². The van der Waals surface area contributed by atoms with E-state index in [0.29, 0.717) is 11.5 Å². The summed E-state index contributed by atoms with van der Waals surface area (Å²) < 4.78 is 5.41. The number of aromatic nitrogens is 2. The average Bonchev–Trinajstić information content (AvgIpc) is 3.10. The number of benzene rings is 1. The van der Waals surface area contributed by atoms with Crippen molar-refractivity contribution >= 4 is 11.7 Å². The minimum Gasteiger partial charge on any atom is -0.380 e. The topological polar surface area (TPSA) is 67.4 Å². The number of carbonyl (C=O) groups excluding carboxylic acids is 1. The number of methoxy groups -OCH3 is 1. The van der Waals surface area contributed by atoms with Gasteiger partial charge in [0.25, 0.3) is 5.91 Å². The van der Waals surface area contributed by atoms with Crippen LogP contribution in [0.2, 0.25) is 0 Å². The molecule has 1 aromatic heterocycles. The molecule has 6 heteroatoms. The number of nitrogens with zero attached hydrogens (tertiary/aromatic N) is 3. The molecule has 23 heavy (non-hydrogen) atoms. The first-order valence-corrected chi connectivity index (χ1v) is 7.65. The van der Waals surface area contributed by atoms with Crippen molar-refractivity contribution in [1.29, 1.82) is 0 Å². The smallest absolute Gasteiger partial charge is 0.269 e. The zero-order valence-corrected chi connectivity index (χ0v) is 13.3. The van der Waals surface area contributed by atoms with Crippen LogP contribution in [0, 0.1) is 0 Å². The number of amides is 1. The average molecular weight is 312 g/mol. The molecule has 0 radical (unpaired) electrons. The Kier molecular flexibility index (Phi) is 4.52. The van der Waals surface area contributed by atoms with Crippen molar-refractivity contribution in [2.24, 2.45) is 0 Å². The summed E-state index contributed by atoms with van der Waals surface area (Å²) in [5.74, 6) is 1.10. The number of hydrogen-bond acceptors (Lipinski definition) is 5. The van der Waals surface area contributed by atoms with E-state index in [-0.39, 0.29) is 12.0 Å². The Morgan fingerprint density at radius 3 is 2.74 bits per heavy atom. The van der Waals surface area contributed by atoms with Crippen LogP contribution in [0.1, 0.15) is 16.9 Å². The zero-order chi connectivity index (χ0) is 16.2. The van der Waals surface area contributed by atoms with Gasteiger partial charge in [-0.15, -0.1) is 0 Å². The molecule has 0 aliphatic carbocycles. The highest BCUT2D eigenvalue weighted by Gasteiger charge is 2.24. The van der Waals surface area contributed by atoms with Gasteiger partial charge in [-0.25, -0.2) is 9.97 Å². The van der Waals surface area contributed by atoms with Crippen LogP contribution in [0.15, 0.2) is 36.4 Å². The Hall–Kier alpha value is -2.47. The SMILES string of the molecule is CNC(=O)c1cc(N2CC[C@H](OC)C2)nc(-c2ccccc2)n1. The third kappa shape index (κ3) is 3.32. The first-order chi connectivity index (χ1) is 11.2. The standard InChI is InChI=1S/C17H20N4O2/c1-18-17(22)14-10-15(21-9-8-13(11-21)23-2)20-16(19-14)12-6-4-3-5-7-12/h3-7,10,13H,8-9,11H2,1-2H3,(H,18,22)/t13-/m0/s1. The summed E-state index contributed by atoms with van der Waals surface area (Å²) in [6.45, 7) is 1.63. The molecule has 0 unspecified atom stereocenters. The van der Waals surface area contributed by atoms with Crippen LogP contribution in [0.3, 0.4) is 0 Å². The predicted molar refractivity (Wildman–Crippen MR) is 88.5 cm³/mol. The highest BCUT2D eigenvalue weighted by molar-refractivity contribution is 5.93. The fraction of sp³-hybridized carbons (Fsp3) is 0.353. The van der Waals surface area contributed by atoms with Gasteiger partial charge in [0.15, 0.2) is 5.82 Å². The maximum absolute atomic E-state index is 12.0. The minimum absolute atomic E-state index is 0.202. The first-order valence-electron chi connectivity index (χ1n) is 7.65. The molecule has 6 nitrogen and oxygen atoms in total. The van der Waals surface area contributed by atoms with E-state index in [1.54, 1.807) is 20.2 Å². The number of rotatable bonds is 4. The lowest BCUT2D eigenvalue weighted by atomic mass is 10.2. The summed E-state index contributed by atoms with van der Waals surface area (Å²) in [4.78, 5) is 23.2. The molecule has 1 atom stereocenters. The maximum Gasteiger partial charge on any atom is 0.269 e. The molecular weight excluding hydrogens is 292 g/mol. The largest absolute Gasteiger partial charge is 0.380 e. The van der Waals surface area contributed by atoms with Crippen LogP contribution in [0.5, 0.6) is 0 Å². The molecule has 1 saturated heterocycles. The van der Waals surface area contributed by atoms with Gasteiger partial charge in [-0.3, -0.25) is 4.79 Å². The van der Waals surface area contributed by atoms with Crippen LogP contribution in [0.4, 0.5) is 5.82 Å². The van der Waals surface area contributed by atoms with E-state index in [2.05, 4.69) is 20.2 Å². The molecule has 3 rings (SSSR count). The number of carbonyl (C=O) groups is 1. The number of ether oxygens (including phenoxy) is 1. The van der Waals surface area contributed by atoms with E-state index in [9.17, 15) is 4.79 Å². The van der Waals surface area contributed by atoms with Crippen LogP contribution in [-0.4, -0.2) is 49.2 Å². The molecule has 1 amide bonds. The lowest BCUT2D eigenvalue weighted by Gasteiger charge is -2.18. The van der Waals surface area contributed by atoms with Gasteiger partial charge in [0.05, 0.1) is 6.10 Å². The second-order valence-corrected chi connectivity index (χ2v) is 5.47. The molecule has 0 bridgehead atoms. The summed E-state index contributed by atoms with van der Waals surface area (Å²) in [5.41, 5.74) is 1.26. The fourth-order valence-electron chi connectivity index (χ4n) is 2.69. The lowest BCUT2D eigenvalue weighted by molar-refractivity contribution is 0.0958.